The fourth-order valence-electron chi connectivity index (χ4n) is 6.49. The minimum atomic E-state index is 0.0101. The predicted molar refractivity (Wildman–Crippen MR) is 125 cm³/mol. The minimum absolute atomic E-state index is 0.0101. The van der Waals surface area contributed by atoms with Crippen LogP contribution in [-0.4, -0.2) is 19.3 Å². The Morgan fingerprint density at radius 2 is 1.34 bits per heavy atom. The molecule has 0 aromatic heterocycles. The lowest BCUT2D eigenvalue weighted by Gasteiger charge is -2.35. The number of hydrogen-bond acceptors (Lipinski definition) is 2. The molecule has 0 amide bonds. The molecule has 3 heteroatoms. The highest BCUT2D eigenvalue weighted by atomic mass is 16.7. The second kappa shape index (κ2) is 11.4. The minimum Gasteiger partial charge on any atom is -0.405 e. The first-order valence-electron chi connectivity index (χ1n) is 13.0. The molecule has 0 aromatic rings. The Hall–Kier alpha value is -0.275. The molecule has 0 bridgehead atoms. The lowest BCUT2D eigenvalue weighted by atomic mass is 9.62. The molecular weight excluding hydrogens is 355 g/mol. The number of hydrogen-bond donors (Lipinski definition) is 0. The van der Waals surface area contributed by atoms with Crippen LogP contribution in [0.15, 0.2) is 12.2 Å². The van der Waals surface area contributed by atoms with Gasteiger partial charge in [0.1, 0.15) is 0 Å². The van der Waals surface area contributed by atoms with E-state index < -0.39 is 0 Å². The molecule has 1 aliphatic heterocycles. The third-order valence-corrected chi connectivity index (χ3v) is 8.56. The molecule has 0 unspecified atom stereocenters. The lowest BCUT2D eigenvalue weighted by molar-refractivity contribution is 0.0324. The molecule has 0 N–H and O–H groups in total. The predicted octanol–water partition coefficient (Wildman–Crippen LogP) is 7.83. The Bertz CT molecular complexity index is 469. The van der Waals surface area contributed by atoms with Crippen LogP contribution in [0.25, 0.3) is 0 Å². The SMILES string of the molecule is C=C(CC)[C@@H](C)C[C@H](C)[C@H](CC)B1O[C@H](C2CCCCC2)[C@@H](C2CCCCC2)O1. The van der Waals surface area contributed by atoms with Gasteiger partial charge in [0.25, 0.3) is 0 Å². The Balaban J connectivity index is 1.69. The second-order valence-corrected chi connectivity index (χ2v) is 10.6. The zero-order chi connectivity index (χ0) is 20.8. The van der Waals surface area contributed by atoms with Gasteiger partial charge in [-0.15, -0.1) is 0 Å². The first kappa shape index (κ1) is 23.4. The molecule has 0 spiro atoms. The quantitative estimate of drug-likeness (QED) is 0.289. The van der Waals surface area contributed by atoms with Crippen LogP contribution in [-0.2, 0) is 9.31 Å². The molecule has 2 nitrogen and oxygen atoms in total. The fourth-order valence-corrected chi connectivity index (χ4v) is 6.49. The average molecular weight is 402 g/mol. The summed E-state index contributed by atoms with van der Waals surface area (Å²) in [7, 11) is 0.0101. The number of allylic oxidation sites excluding steroid dienone is 1. The molecule has 1 heterocycles. The molecule has 3 aliphatic rings. The monoisotopic (exact) mass is 402 g/mol. The highest BCUT2D eigenvalue weighted by Gasteiger charge is 2.50. The lowest BCUT2D eigenvalue weighted by Crippen LogP contribution is -2.38. The highest BCUT2D eigenvalue weighted by Crippen LogP contribution is 2.44. The zero-order valence-corrected chi connectivity index (χ0v) is 19.8. The van der Waals surface area contributed by atoms with E-state index in [2.05, 4.69) is 34.3 Å². The van der Waals surface area contributed by atoms with Crippen molar-refractivity contribution in [2.24, 2.45) is 23.7 Å². The van der Waals surface area contributed by atoms with Gasteiger partial charge >= 0.3 is 7.12 Å². The van der Waals surface area contributed by atoms with E-state index in [4.69, 9.17) is 9.31 Å². The van der Waals surface area contributed by atoms with Gasteiger partial charge in [0.15, 0.2) is 0 Å². The Morgan fingerprint density at radius 1 is 0.862 bits per heavy atom. The van der Waals surface area contributed by atoms with E-state index in [1.807, 2.05) is 0 Å². The van der Waals surface area contributed by atoms with Gasteiger partial charge in [0.05, 0.1) is 12.2 Å². The van der Waals surface area contributed by atoms with Gasteiger partial charge in [0.2, 0.25) is 0 Å². The summed E-state index contributed by atoms with van der Waals surface area (Å²) in [6.07, 6.45) is 17.9. The molecule has 3 fully saturated rings. The summed E-state index contributed by atoms with van der Waals surface area (Å²) in [5.74, 6) is 3.16. The van der Waals surface area contributed by atoms with Crippen molar-refractivity contribution < 1.29 is 9.31 Å². The summed E-state index contributed by atoms with van der Waals surface area (Å²) >= 11 is 0. The number of rotatable bonds is 9. The van der Waals surface area contributed by atoms with Gasteiger partial charge in [0, 0.05) is 0 Å². The van der Waals surface area contributed by atoms with Gasteiger partial charge in [-0.3, -0.25) is 0 Å². The largest absolute Gasteiger partial charge is 0.461 e. The van der Waals surface area contributed by atoms with Crippen LogP contribution in [0.1, 0.15) is 111 Å². The summed E-state index contributed by atoms with van der Waals surface area (Å²) < 4.78 is 13.7. The van der Waals surface area contributed by atoms with E-state index in [1.54, 1.807) is 0 Å². The van der Waals surface area contributed by atoms with Crippen molar-refractivity contribution in [3.8, 4) is 0 Å². The molecule has 166 valence electrons. The molecule has 0 aromatic carbocycles. The van der Waals surface area contributed by atoms with Crippen LogP contribution in [0.3, 0.4) is 0 Å². The van der Waals surface area contributed by atoms with Gasteiger partial charge < -0.3 is 9.31 Å². The summed E-state index contributed by atoms with van der Waals surface area (Å²) in [4.78, 5) is 0. The van der Waals surface area contributed by atoms with Crippen molar-refractivity contribution in [3.05, 3.63) is 12.2 Å². The van der Waals surface area contributed by atoms with Crippen molar-refractivity contribution in [1.29, 1.82) is 0 Å². The molecule has 1 saturated heterocycles. The summed E-state index contributed by atoms with van der Waals surface area (Å²) in [5, 5.41) is 0. The van der Waals surface area contributed by atoms with Gasteiger partial charge in [-0.25, -0.2) is 0 Å². The van der Waals surface area contributed by atoms with Crippen molar-refractivity contribution in [3.63, 3.8) is 0 Å². The van der Waals surface area contributed by atoms with E-state index in [9.17, 15) is 0 Å². The van der Waals surface area contributed by atoms with Gasteiger partial charge in [-0.2, -0.15) is 0 Å². The van der Waals surface area contributed by atoms with E-state index >= 15 is 0 Å². The van der Waals surface area contributed by atoms with Crippen LogP contribution in [0.5, 0.6) is 0 Å². The van der Waals surface area contributed by atoms with E-state index in [0.717, 1.165) is 24.7 Å². The molecule has 3 rings (SSSR count). The first-order chi connectivity index (χ1) is 14.0. The molecular formula is C26H47BO2. The van der Waals surface area contributed by atoms with E-state index in [-0.39, 0.29) is 7.12 Å². The van der Waals surface area contributed by atoms with Crippen LogP contribution in [0.2, 0.25) is 5.82 Å². The van der Waals surface area contributed by atoms with Crippen LogP contribution >= 0.6 is 0 Å². The van der Waals surface area contributed by atoms with Crippen molar-refractivity contribution >= 4 is 7.12 Å². The Morgan fingerprint density at radius 3 is 1.76 bits per heavy atom. The maximum Gasteiger partial charge on any atom is 0.461 e. The third-order valence-electron chi connectivity index (χ3n) is 8.56. The van der Waals surface area contributed by atoms with E-state index in [0.29, 0.717) is 29.9 Å². The summed E-state index contributed by atoms with van der Waals surface area (Å²) in [6, 6.07) is 0. The molecule has 0 radical (unpaired) electrons. The topological polar surface area (TPSA) is 18.5 Å². The van der Waals surface area contributed by atoms with Crippen LogP contribution in [0, 0.1) is 23.7 Å². The standard InChI is InChI=1S/C26H47BO2/c1-6-19(3)20(4)18-21(5)24(7-2)27-28-25(22-14-10-8-11-15-22)26(29-27)23-16-12-9-13-17-23/h20-26H,3,6-18H2,1-2,4-5H3/t20-,21-,24-,25+,26+/m0/s1. The van der Waals surface area contributed by atoms with Crippen molar-refractivity contribution in [1.82, 2.24) is 0 Å². The van der Waals surface area contributed by atoms with E-state index in [1.165, 1.54) is 76.2 Å². The summed E-state index contributed by atoms with van der Waals surface area (Å²) in [6.45, 7) is 13.6. The van der Waals surface area contributed by atoms with Crippen molar-refractivity contribution in [2.45, 2.75) is 129 Å². The van der Waals surface area contributed by atoms with Crippen LogP contribution < -0.4 is 0 Å². The van der Waals surface area contributed by atoms with Gasteiger partial charge in [-0.05, 0) is 68.0 Å². The zero-order valence-electron chi connectivity index (χ0n) is 19.8. The molecule has 29 heavy (non-hydrogen) atoms. The maximum absolute atomic E-state index is 6.86. The second-order valence-electron chi connectivity index (χ2n) is 10.6. The fraction of sp³-hybridized carbons (Fsp3) is 0.923. The molecule has 2 saturated carbocycles. The van der Waals surface area contributed by atoms with Crippen molar-refractivity contribution in [2.75, 3.05) is 0 Å². The van der Waals surface area contributed by atoms with Gasteiger partial charge in [-0.1, -0.05) is 84.8 Å². The molecule has 5 atom stereocenters. The summed E-state index contributed by atoms with van der Waals surface area (Å²) in [5.41, 5.74) is 1.39. The smallest absolute Gasteiger partial charge is 0.405 e. The highest BCUT2D eigenvalue weighted by molar-refractivity contribution is 6.47. The third kappa shape index (κ3) is 5.91. The Labute approximate surface area is 181 Å². The average Bonchev–Trinajstić information content (AvgIpc) is 3.20. The normalized spacial score (nSPS) is 30.3. The Kier molecular flexibility index (Phi) is 9.17. The maximum atomic E-state index is 6.86. The van der Waals surface area contributed by atoms with Crippen LogP contribution in [0.4, 0.5) is 0 Å². The first-order valence-corrected chi connectivity index (χ1v) is 13.0. The molecule has 2 aliphatic carbocycles.